The molecule has 2 aromatic carbocycles. The lowest BCUT2D eigenvalue weighted by Crippen LogP contribution is -2.34. The first-order valence-corrected chi connectivity index (χ1v) is 9.70. The third-order valence-corrected chi connectivity index (χ3v) is 5.29. The zero-order valence-electron chi connectivity index (χ0n) is 15.4. The number of benzene rings is 2. The van der Waals surface area contributed by atoms with E-state index in [0.717, 1.165) is 31.4 Å². The van der Waals surface area contributed by atoms with E-state index in [4.69, 9.17) is 21.3 Å². The predicted octanol–water partition coefficient (Wildman–Crippen LogP) is 4.31. The number of rotatable bonds is 3. The summed E-state index contributed by atoms with van der Waals surface area (Å²) in [7, 11) is 0. The minimum atomic E-state index is -0.0763. The Hall–Kier alpha value is -2.81. The van der Waals surface area contributed by atoms with Gasteiger partial charge in [0.15, 0.2) is 5.76 Å². The third-order valence-electron chi connectivity index (χ3n) is 5.05. The van der Waals surface area contributed by atoms with Crippen LogP contribution >= 0.6 is 11.6 Å². The van der Waals surface area contributed by atoms with Crippen LogP contribution in [0.25, 0.3) is 11.0 Å². The molecule has 6 heteroatoms. The van der Waals surface area contributed by atoms with Crippen molar-refractivity contribution < 1.29 is 9.21 Å². The van der Waals surface area contributed by atoms with Gasteiger partial charge in [0, 0.05) is 43.1 Å². The molecular weight excluding hydrogens is 374 g/mol. The van der Waals surface area contributed by atoms with E-state index in [9.17, 15) is 4.79 Å². The molecule has 0 unspecified atom stereocenters. The fraction of sp³-hybridized carbons (Fsp3) is 0.273. The second-order valence-corrected chi connectivity index (χ2v) is 7.46. The van der Waals surface area contributed by atoms with Crippen LogP contribution in [0.1, 0.15) is 28.1 Å². The lowest BCUT2D eigenvalue weighted by Gasteiger charge is -2.21. The van der Waals surface area contributed by atoms with Gasteiger partial charge in [-0.25, -0.2) is 0 Å². The van der Waals surface area contributed by atoms with Gasteiger partial charge in [-0.1, -0.05) is 23.7 Å². The van der Waals surface area contributed by atoms with Crippen LogP contribution in [0.4, 0.5) is 0 Å². The summed E-state index contributed by atoms with van der Waals surface area (Å²) in [4.78, 5) is 17.1. The highest BCUT2D eigenvalue weighted by atomic mass is 35.5. The topological polar surface area (TPSA) is 60.5 Å². The Morgan fingerprint density at radius 3 is 2.68 bits per heavy atom. The summed E-state index contributed by atoms with van der Waals surface area (Å²) in [5.41, 5.74) is 2.52. The molecule has 0 atom stereocenters. The summed E-state index contributed by atoms with van der Waals surface area (Å²) in [5, 5.41) is 10.4. The summed E-state index contributed by atoms with van der Waals surface area (Å²) in [6.45, 7) is 3.92. The van der Waals surface area contributed by atoms with Gasteiger partial charge in [0.25, 0.3) is 5.91 Å². The smallest absolute Gasteiger partial charge is 0.289 e. The summed E-state index contributed by atoms with van der Waals surface area (Å²) in [5.74, 6) is 0.283. The summed E-state index contributed by atoms with van der Waals surface area (Å²) in [6, 6.07) is 16.9. The van der Waals surface area contributed by atoms with E-state index in [1.165, 1.54) is 5.56 Å². The van der Waals surface area contributed by atoms with Crippen LogP contribution in [0.5, 0.6) is 0 Å². The van der Waals surface area contributed by atoms with Crippen LogP contribution in [-0.4, -0.2) is 41.9 Å². The second-order valence-electron chi connectivity index (χ2n) is 7.02. The molecule has 1 saturated heterocycles. The summed E-state index contributed by atoms with van der Waals surface area (Å²) in [6.07, 6.45) is 0.911. The standard InChI is InChI=1S/C22H20ClN3O2/c23-19-6-7-20-18(12-19)13-21(28-20)22(27)26-9-1-8-25(10-11-26)15-17-4-2-16(14-24)3-5-17/h2-7,12-13H,1,8-11,15H2. The van der Waals surface area contributed by atoms with Crippen LogP contribution in [0.15, 0.2) is 52.9 Å². The lowest BCUT2D eigenvalue weighted by molar-refractivity contribution is 0.0731. The van der Waals surface area contributed by atoms with Gasteiger partial charge in [0.2, 0.25) is 0 Å². The maximum Gasteiger partial charge on any atom is 0.289 e. The van der Waals surface area contributed by atoms with Crippen molar-refractivity contribution in [2.24, 2.45) is 0 Å². The Bertz CT molecular complexity index is 1040. The number of carbonyl (C=O) groups excluding carboxylic acids is 1. The molecule has 0 aliphatic carbocycles. The summed E-state index contributed by atoms with van der Waals surface area (Å²) >= 11 is 6.02. The van der Waals surface area contributed by atoms with Gasteiger partial charge in [-0.15, -0.1) is 0 Å². The van der Waals surface area contributed by atoms with Crippen LogP contribution in [0, 0.1) is 11.3 Å². The minimum Gasteiger partial charge on any atom is -0.451 e. The molecule has 4 rings (SSSR count). The van der Waals surface area contributed by atoms with E-state index >= 15 is 0 Å². The van der Waals surface area contributed by atoms with Gasteiger partial charge in [-0.3, -0.25) is 9.69 Å². The van der Waals surface area contributed by atoms with E-state index in [2.05, 4.69) is 11.0 Å². The molecule has 2 heterocycles. The van der Waals surface area contributed by atoms with Crippen molar-refractivity contribution in [3.63, 3.8) is 0 Å². The lowest BCUT2D eigenvalue weighted by atomic mass is 10.1. The Morgan fingerprint density at radius 2 is 1.89 bits per heavy atom. The highest BCUT2D eigenvalue weighted by Gasteiger charge is 2.23. The van der Waals surface area contributed by atoms with Crippen molar-refractivity contribution in [2.75, 3.05) is 26.2 Å². The Labute approximate surface area is 168 Å². The monoisotopic (exact) mass is 393 g/mol. The van der Waals surface area contributed by atoms with E-state index in [0.29, 0.717) is 35.0 Å². The maximum absolute atomic E-state index is 12.9. The zero-order chi connectivity index (χ0) is 19.5. The average Bonchev–Trinajstić information content (AvgIpc) is 2.99. The zero-order valence-corrected chi connectivity index (χ0v) is 16.2. The number of hydrogen-bond acceptors (Lipinski definition) is 4. The molecule has 28 heavy (non-hydrogen) atoms. The number of halogens is 1. The first kappa shape index (κ1) is 18.5. The van der Waals surface area contributed by atoms with Gasteiger partial charge in [-0.05, 0) is 48.4 Å². The molecule has 0 bridgehead atoms. The van der Waals surface area contributed by atoms with Gasteiger partial charge < -0.3 is 9.32 Å². The number of nitriles is 1. The van der Waals surface area contributed by atoms with Crippen LogP contribution in [0.2, 0.25) is 5.02 Å². The van der Waals surface area contributed by atoms with Crippen molar-refractivity contribution in [3.05, 3.63) is 70.4 Å². The highest BCUT2D eigenvalue weighted by molar-refractivity contribution is 6.31. The molecule has 0 N–H and O–H groups in total. The van der Waals surface area contributed by atoms with E-state index < -0.39 is 0 Å². The molecule has 1 fully saturated rings. The molecule has 0 radical (unpaired) electrons. The van der Waals surface area contributed by atoms with Gasteiger partial charge >= 0.3 is 0 Å². The quantitative estimate of drug-likeness (QED) is 0.665. The second kappa shape index (κ2) is 8.05. The van der Waals surface area contributed by atoms with Crippen LogP contribution in [-0.2, 0) is 6.54 Å². The first-order chi connectivity index (χ1) is 13.6. The number of amides is 1. The Morgan fingerprint density at radius 1 is 1.07 bits per heavy atom. The highest BCUT2D eigenvalue weighted by Crippen LogP contribution is 2.24. The molecule has 1 aliphatic heterocycles. The number of fused-ring (bicyclic) bond motifs is 1. The Balaban J connectivity index is 1.41. The maximum atomic E-state index is 12.9. The average molecular weight is 394 g/mol. The normalized spacial score (nSPS) is 15.4. The van der Waals surface area contributed by atoms with Crippen molar-refractivity contribution >= 4 is 28.5 Å². The van der Waals surface area contributed by atoms with Crippen molar-refractivity contribution in [1.29, 1.82) is 5.26 Å². The van der Waals surface area contributed by atoms with E-state index in [1.807, 2.05) is 29.2 Å². The predicted molar refractivity (Wildman–Crippen MR) is 108 cm³/mol. The third kappa shape index (κ3) is 4.04. The van der Waals surface area contributed by atoms with E-state index in [-0.39, 0.29) is 5.91 Å². The van der Waals surface area contributed by atoms with Crippen LogP contribution < -0.4 is 0 Å². The fourth-order valence-electron chi connectivity index (χ4n) is 3.55. The van der Waals surface area contributed by atoms with Crippen LogP contribution in [0.3, 0.4) is 0 Å². The van der Waals surface area contributed by atoms with Crippen molar-refractivity contribution in [3.8, 4) is 6.07 Å². The minimum absolute atomic E-state index is 0.0763. The van der Waals surface area contributed by atoms with Gasteiger partial charge in [0.1, 0.15) is 5.58 Å². The molecular formula is C22H20ClN3O2. The molecule has 142 valence electrons. The van der Waals surface area contributed by atoms with E-state index in [1.54, 1.807) is 24.3 Å². The molecule has 1 amide bonds. The summed E-state index contributed by atoms with van der Waals surface area (Å²) < 4.78 is 5.73. The number of nitrogens with zero attached hydrogens (tertiary/aromatic N) is 3. The largest absolute Gasteiger partial charge is 0.451 e. The molecule has 5 nitrogen and oxygen atoms in total. The first-order valence-electron chi connectivity index (χ1n) is 9.32. The fourth-order valence-corrected chi connectivity index (χ4v) is 3.73. The number of carbonyl (C=O) groups is 1. The molecule has 0 spiro atoms. The molecule has 0 saturated carbocycles. The van der Waals surface area contributed by atoms with Gasteiger partial charge in [0.05, 0.1) is 11.6 Å². The number of furan rings is 1. The van der Waals surface area contributed by atoms with Gasteiger partial charge in [-0.2, -0.15) is 5.26 Å². The molecule has 1 aliphatic rings. The SMILES string of the molecule is N#Cc1ccc(CN2CCCN(C(=O)c3cc4cc(Cl)ccc4o3)CC2)cc1. The van der Waals surface area contributed by atoms with Crippen molar-refractivity contribution in [2.45, 2.75) is 13.0 Å². The van der Waals surface area contributed by atoms with Crippen molar-refractivity contribution in [1.82, 2.24) is 9.80 Å². The Kier molecular flexibility index (Phi) is 5.34. The molecule has 3 aromatic rings. The molecule has 1 aromatic heterocycles. The number of hydrogen-bond donors (Lipinski definition) is 0.